The summed E-state index contributed by atoms with van der Waals surface area (Å²) in [4.78, 5) is 0. The normalized spacial score (nSPS) is 13.5. The molecule has 0 radical (unpaired) electrons. The number of aryl methyl sites for hydroxylation is 4. The lowest BCUT2D eigenvalue weighted by Gasteiger charge is -2.27. The predicted octanol–water partition coefficient (Wildman–Crippen LogP) is 11.5. The van der Waals surface area contributed by atoms with Gasteiger partial charge in [0.25, 0.3) is 0 Å². The Kier molecular flexibility index (Phi) is 7.35. The average molecular weight is 555 g/mol. The van der Waals surface area contributed by atoms with Gasteiger partial charge in [-0.1, -0.05) is 76.2 Å². The fourth-order valence-electron chi connectivity index (χ4n) is 6.90. The molecule has 4 aliphatic rings. The highest BCUT2D eigenvalue weighted by Gasteiger charge is 2.38. The van der Waals surface area contributed by atoms with Crippen LogP contribution in [-0.2, 0) is 0 Å². The zero-order chi connectivity index (χ0) is 29.7. The van der Waals surface area contributed by atoms with Gasteiger partial charge in [-0.05, 0) is 131 Å². The Labute approximate surface area is 251 Å². The van der Waals surface area contributed by atoms with Crippen LogP contribution in [0.5, 0.6) is 0 Å². The van der Waals surface area contributed by atoms with Crippen molar-refractivity contribution < 1.29 is 8.83 Å². The SMILES string of the molecule is Cc1cc([C@@H](c2ccco2)[C@@H](c2ccco2)c2cc(C)c3cc(C(C)C)ccc(C)c2-3)c2c(C)ccc(C(C)C)cc1-2. The molecule has 0 amide bonds. The largest absolute Gasteiger partial charge is 0.469 e. The van der Waals surface area contributed by atoms with Crippen LogP contribution >= 0.6 is 0 Å². The molecule has 6 rings (SSSR count). The number of rotatable bonds is 7. The summed E-state index contributed by atoms with van der Waals surface area (Å²) < 4.78 is 12.6. The minimum atomic E-state index is -0.0783. The van der Waals surface area contributed by atoms with Gasteiger partial charge in [-0.3, -0.25) is 0 Å². The van der Waals surface area contributed by atoms with Gasteiger partial charge in [-0.25, -0.2) is 0 Å². The standard InChI is InChI=1S/C40H42O2/c1-23(2)29-15-13-25(5)37-31(21-29)27(7)19-33(37)39(35-11-9-17-41-35)40(36-12-10-18-42-36)34-20-28(8)32-22-30(24(3)4)16-14-26(6)38(32)34/h9-24,39-40H,1-8H3/t39-,40+. The Morgan fingerprint density at radius 3 is 1.21 bits per heavy atom. The van der Waals surface area contributed by atoms with E-state index in [1.54, 1.807) is 12.5 Å². The van der Waals surface area contributed by atoms with E-state index in [0.717, 1.165) is 11.5 Å². The number of hydrogen-bond donors (Lipinski definition) is 0. The summed E-state index contributed by atoms with van der Waals surface area (Å²) in [6.07, 6.45) is 3.61. The van der Waals surface area contributed by atoms with Crippen LogP contribution in [0.3, 0.4) is 0 Å². The molecule has 0 N–H and O–H groups in total. The van der Waals surface area contributed by atoms with E-state index in [0.29, 0.717) is 11.8 Å². The summed E-state index contributed by atoms with van der Waals surface area (Å²) in [5, 5.41) is 0. The van der Waals surface area contributed by atoms with Crippen molar-refractivity contribution in [3.63, 3.8) is 0 Å². The summed E-state index contributed by atoms with van der Waals surface area (Å²) in [5.41, 5.74) is 15.7. The summed E-state index contributed by atoms with van der Waals surface area (Å²) in [7, 11) is 0. The molecule has 2 aromatic heterocycles. The molecular weight excluding hydrogens is 512 g/mol. The highest BCUT2D eigenvalue weighted by atomic mass is 16.3. The minimum Gasteiger partial charge on any atom is -0.469 e. The summed E-state index contributed by atoms with van der Waals surface area (Å²) in [5.74, 6) is 2.65. The zero-order valence-electron chi connectivity index (χ0n) is 26.2. The van der Waals surface area contributed by atoms with Gasteiger partial charge in [0.1, 0.15) is 11.5 Å². The Balaban J connectivity index is 1.66. The van der Waals surface area contributed by atoms with Gasteiger partial charge in [0.15, 0.2) is 0 Å². The van der Waals surface area contributed by atoms with E-state index in [4.69, 9.17) is 8.83 Å². The fraction of sp³-hybridized carbons (Fsp3) is 0.300. The third-order valence-corrected chi connectivity index (χ3v) is 9.21. The topological polar surface area (TPSA) is 26.3 Å². The Bertz CT molecular complexity index is 1630. The van der Waals surface area contributed by atoms with Crippen LogP contribution in [0, 0.1) is 27.7 Å². The van der Waals surface area contributed by atoms with Crippen LogP contribution in [0.2, 0.25) is 0 Å². The van der Waals surface area contributed by atoms with E-state index in [9.17, 15) is 0 Å². The summed E-state index contributed by atoms with van der Waals surface area (Å²) in [6.45, 7) is 18.1. The van der Waals surface area contributed by atoms with Crippen molar-refractivity contribution in [2.45, 2.75) is 79.1 Å². The molecule has 0 saturated heterocycles. The van der Waals surface area contributed by atoms with E-state index in [1.807, 2.05) is 12.1 Å². The van der Waals surface area contributed by atoms with Crippen LogP contribution in [0.1, 0.15) is 107 Å². The van der Waals surface area contributed by atoms with Crippen molar-refractivity contribution in [1.82, 2.24) is 0 Å². The maximum absolute atomic E-state index is 6.31. The highest BCUT2D eigenvalue weighted by molar-refractivity contribution is 5.82. The van der Waals surface area contributed by atoms with E-state index in [-0.39, 0.29) is 11.8 Å². The molecule has 0 bridgehead atoms. The molecule has 2 heterocycles. The van der Waals surface area contributed by atoms with Crippen molar-refractivity contribution >= 4 is 0 Å². The van der Waals surface area contributed by atoms with Crippen molar-refractivity contribution in [3.05, 3.63) is 141 Å². The van der Waals surface area contributed by atoms with Crippen LogP contribution in [0.4, 0.5) is 0 Å². The number of hydrogen-bond acceptors (Lipinski definition) is 2. The molecule has 2 heteroatoms. The molecular formula is C40H42O2. The van der Waals surface area contributed by atoms with Crippen molar-refractivity contribution in [3.8, 4) is 22.3 Å². The maximum atomic E-state index is 6.31. The first-order valence-corrected chi connectivity index (χ1v) is 15.3. The molecule has 4 aliphatic carbocycles. The Hall–Kier alpha value is -4.04. The third kappa shape index (κ3) is 4.77. The summed E-state index contributed by atoms with van der Waals surface area (Å²) in [6, 6.07) is 27.0. The molecule has 0 spiro atoms. The lowest BCUT2D eigenvalue weighted by molar-refractivity contribution is 0.424. The molecule has 0 aromatic carbocycles. The first kappa shape index (κ1) is 28.1. The molecule has 0 aliphatic heterocycles. The smallest absolute Gasteiger partial charge is 0.112 e. The van der Waals surface area contributed by atoms with Gasteiger partial charge >= 0.3 is 0 Å². The van der Waals surface area contributed by atoms with Crippen LogP contribution < -0.4 is 0 Å². The fourth-order valence-corrected chi connectivity index (χ4v) is 6.90. The second kappa shape index (κ2) is 11.0. The molecule has 2 atom stereocenters. The number of furan rings is 2. The average Bonchev–Trinajstić information content (AvgIpc) is 3.72. The monoisotopic (exact) mass is 554 g/mol. The first-order chi connectivity index (χ1) is 20.2. The van der Waals surface area contributed by atoms with Gasteiger partial charge in [0.2, 0.25) is 0 Å². The summed E-state index contributed by atoms with van der Waals surface area (Å²) >= 11 is 0. The number of fused-ring (bicyclic) bond motifs is 2. The molecule has 0 saturated carbocycles. The van der Waals surface area contributed by atoms with Crippen LogP contribution in [0.15, 0.2) is 94.2 Å². The second-order valence-corrected chi connectivity index (χ2v) is 12.8. The van der Waals surface area contributed by atoms with Crippen molar-refractivity contribution in [2.24, 2.45) is 0 Å². The van der Waals surface area contributed by atoms with Gasteiger partial charge < -0.3 is 8.83 Å². The van der Waals surface area contributed by atoms with E-state index < -0.39 is 0 Å². The van der Waals surface area contributed by atoms with Crippen LogP contribution in [-0.4, -0.2) is 0 Å². The van der Waals surface area contributed by atoms with E-state index in [1.165, 1.54) is 66.8 Å². The Morgan fingerprint density at radius 2 is 0.881 bits per heavy atom. The molecule has 2 aromatic rings. The lowest BCUT2D eigenvalue weighted by atomic mass is 9.76. The molecule has 0 unspecified atom stereocenters. The molecule has 42 heavy (non-hydrogen) atoms. The van der Waals surface area contributed by atoms with Gasteiger partial charge in [-0.2, -0.15) is 0 Å². The Morgan fingerprint density at radius 1 is 0.476 bits per heavy atom. The van der Waals surface area contributed by atoms with Gasteiger partial charge in [0, 0.05) is 0 Å². The van der Waals surface area contributed by atoms with Gasteiger partial charge in [-0.15, -0.1) is 0 Å². The minimum absolute atomic E-state index is 0.0783. The van der Waals surface area contributed by atoms with Crippen molar-refractivity contribution in [1.29, 1.82) is 0 Å². The quantitative estimate of drug-likeness (QED) is 0.196. The highest BCUT2D eigenvalue weighted by Crippen LogP contribution is 2.52. The molecule has 2 nitrogen and oxygen atoms in total. The third-order valence-electron chi connectivity index (χ3n) is 9.21. The second-order valence-electron chi connectivity index (χ2n) is 12.8. The van der Waals surface area contributed by atoms with Gasteiger partial charge in [0.05, 0.1) is 24.4 Å². The molecule has 0 fully saturated rings. The predicted molar refractivity (Wildman–Crippen MR) is 174 cm³/mol. The zero-order valence-corrected chi connectivity index (χ0v) is 26.2. The van der Waals surface area contributed by atoms with E-state index >= 15 is 0 Å². The first-order valence-electron chi connectivity index (χ1n) is 15.3. The maximum Gasteiger partial charge on any atom is 0.112 e. The lowest BCUT2D eigenvalue weighted by Crippen LogP contribution is -2.14. The van der Waals surface area contributed by atoms with Crippen molar-refractivity contribution in [2.75, 3.05) is 0 Å². The van der Waals surface area contributed by atoms with Crippen LogP contribution in [0.25, 0.3) is 22.3 Å². The molecule has 214 valence electrons. The van der Waals surface area contributed by atoms with E-state index in [2.05, 4.69) is 116 Å².